The van der Waals surface area contributed by atoms with Crippen LogP contribution in [-0.4, -0.2) is 90.9 Å². The maximum absolute atomic E-state index is 12.7. The molecule has 11 heteroatoms. The molecule has 2 aliphatic rings. The van der Waals surface area contributed by atoms with E-state index in [0.717, 1.165) is 68.6 Å². The Bertz CT molecular complexity index is 1020. The van der Waals surface area contributed by atoms with E-state index in [-0.39, 0.29) is 24.2 Å². The van der Waals surface area contributed by atoms with E-state index in [4.69, 9.17) is 19.3 Å². The minimum atomic E-state index is -1.13. The van der Waals surface area contributed by atoms with Crippen molar-refractivity contribution in [2.75, 3.05) is 44.9 Å². The predicted octanol–water partition coefficient (Wildman–Crippen LogP) is 4.29. The van der Waals surface area contributed by atoms with Crippen LogP contribution in [0.15, 0.2) is 24.7 Å². The van der Waals surface area contributed by atoms with Crippen molar-refractivity contribution in [1.29, 1.82) is 0 Å². The van der Waals surface area contributed by atoms with Crippen LogP contribution in [0.5, 0.6) is 0 Å². The van der Waals surface area contributed by atoms with Crippen molar-refractivity contribution in [3.8, 4) is 0 Å². The number of anilines is 1. The van der Waals surface area contributed by atoms with Crippen molar-refractivity contribution in [1.82, 2.24) is 24.6 Å². The van der Waals surface area contributed by atoms with Crippen LogP contribution >= 0.6 is 0 Å². The zero-order valence-electron chi connectivity index (χ0n) is 23.6. The molecule has 10 nitrogen and oxygen atoms in total. The summed E-state index contributed by atoms with van der Waals surface area (Å²) in [5.74, 6) is 0.856. The summed E-state index contributed by atoms with van der Waals surface area (Å²) in [6, 6.07) is 2.84. The molecule has 210 valence electrons. The number of carbonyl (C=O) groups excluding carboxylic acids is 1. The first kappa shape index (κ1) is 28.5. The van der Waals surface area contributed by atoms with Gasteiger partial charge in [0.1, 0.15) is 6.73 Å². The van der Waals surface area contributed by atoms with E-state index in [1.807, 2.05) is 15.6 Å². The summed E-state index contributed by atoms with van der Waals surface area (Å²) in [4.78, 5) is 25.5. The Morgan fingerprint density at radius 3 is 2.53 bits per heavy atom. The molecule has 2 unspecified atom stereocenters. The van der Waals surface area contributed by atoms with Crippen LogP contribution in [0.1, 0.15) is 42.9 Å². The molecule has 4 rings (SSSR count). The summed E-state index contributed by atoms with van der Waals surface area (Å²) >= 11 is 0. The smallest absolute Gasteiger partial charge is 0.409 e. The number of methoxy groups -OCH3 is 1. The lowest BCUT2D eigenvalue weighted by atomic mass is 9.85. The first-order valence-electron chi connectivity index (χ1n) is 13.8. The minimum absolute atomic E-state index is 0.0869. The fourth-order valence-corrected chi connectivity index (χ4v) is 6.10. The molecular formula is C27H44N6O4Si. The lowest BCUT2D eigenvalue weighted by Gasteiger charge is -2.41. The summed E-state index contributed by atoms with van der Waals surface area (Å²) in [7, 11) is 0.317. The first-order valence-corrected chi connectivity index (χ1v) is 17.6. The molecule has 0 bridgehead atoms. The maximum atomic E-state index is 12.7. The van der Waals surface area contributed by atoms with Crippen molar-refractivity contribution >= 4 is 20.1 Å². The largest absolute Gasteiger partial charge is 0.453 e. The molecule has 1 amide bonds. The Morgan fingerprint density at radius 2 is 1.84 bits per heavy atom. The molecule has 2 aromatic heterocycles. The molecule has 2 saturated heterocycles. The van der Waals surface area contributed by atoms with Gasteiger partial charge < -0.3 is 24.0 Å². The quantitative estimate of drug-likeness (QED) is 0.323. The molecule has 0 radical (unpaired) electrons. The van der Waals surface area contributed by atoms with Crippen molar-refractivity contribution < 1.29 is 19.0 Å². The van der Waals surface area contributed by atoms with E-state index in [1.165, 1.54) is 7.11 Å². The van der Waals surface area contributed by atoms with E-state index < -0.39 is 8.07 Å². The van der Waals surface area contributed by atoms with Crippen molar-refractivity contribution in [2.24, 2.45) is 0 Å². The molecule has 2 aromatic rings. The van der Waals surface area contributed by atoms with Gasteiger partial charge in [-0.1, -0.05) is 19.6 Å². The van der Waals surface area contributed by atoms with Gasteiger partial charge in [0.15, 0.2) is 0 Å². The van der Waals surface area contributed by atoms with Crippen LogP contribution < -0.4 is 4.90 Å². The summed E-state index contributed by atoms with van der Waals surface area (Å²) in [5, 5.41) is 4.92. The van der Waals surface area contributed by atoms with Crippen LogP contribution in [0.3, 0.4) is 0 Å². The van der Waals surface area contributed by atoms with Crippen LogP contribution in [0.25, 0.3) is 0 Å². The van der Waals surface area contributed by atoms with E-state index in [1.54, 1.807) is 12.4 Å². The molecule has 4 heterocycles. The Kier molecular flexibility index (Phi) is 9.78. The van der Waals surface area contributed by atoms with Crippen LogP contribution in [0, 0.1) is 6.92 Å². The highest BCUT2D eigenvalue weighted by Gasteiger charge is 2.38. The van der Waals surface area contributed by atoms with Crippen LogP contribution in [0.2, 0.25) is 25.7 Å². The second-order valence-corrected chi connectivity index (χ2v) is 17.3. The van der Waals surface area contributed by atoms with Gasteiger partial charge in [-0.25, -0.2) is 19.4 Å². The molecular weight excluding hydrogens is 500 g/mol. The van der Waals surface area contributed by atoms with E-state index in [0.29, 0.717) is 19.9 Å². The van der Waals surface area contributed by atoms with Gasteiger partial charge in [-0.2, -0.15) is 5.10 Å². The maximum Gasteiger partial charge on any atom is 0.409 e. The lowest BCUT2D eigenvalue weighted by Crippen LogP contribution is -2.51. The number of hydrogen-bond acceptors (Lipinski definition) is 8. The standard InChI is InChI=1S/C27H44N6O4Si/c1-21-18-32(20-36-16-17-38(3,4)5)30-25(21)23-8-6-13-33(27(34)35-2)24(23)19-37-22-9-14-31(15-10-22)26-28-11-7-12-29-26/h7,11-12,18,22-24H,6,8-10,13-17,19-20H2,1-5H3. The molecule has 2 aliphatic heterocycles. The van der Waals surface area contributed by atoms with Gasteiger partial charge >= 0.3 is 6.09 Å². The first-order chi connectivity index (χ1) is 18.2. The third-order valence-electron chi connectivity index (χ3n) is 7.52. The second-order valence-electron chi connectivity index (χ2n) is 11.6. The van der Waals surface area contributed by atoms with E-state index >= 15 is 0 Å². The van der Waals surface area contributed by atoms with Crippen LogP contribution in [-0.2, 0) is 20.9 Å². The van der Waals surface area contributed by atoms with E-state index in [2.05, 4.69) is 47.6 Å². The molecule has 0 N–H and O–H groups in total. The topological polar surface area (TPSA) is 94.8 Å². The highest BCUT2D eigenvalue weighted by molar-refractivity contribution is 6.76. The van der Waals surface area contributed by atoms with Gasteiger partial charge in [0.2, 0.25) is 5.95 Å². The predicted molar refractivity (Wildman–Crippen MR) is 149 cm³/mol. The number of rotatable bonds is 10. The monoisotopic (exact) mass is 544 g/mol. The number of ether oxygens (including phenoxy) is 3. The zero-order chi connectivity index (χ0) is 27.1. The van der Waals surface area contributed by atoms with Gasteiger partial charge in [0.05, 0.1) is 31.6 Å². The SMILES string of the molecule is COC(=O)N1CCCC(c2nn(COCC[Si](C)(C)C)cc2C)C1COC1CCN(c2ncccn2)CC1. The number of aromatic nitrogens is 4. The summed E-state index contributed by atoms with van der Waals surface area (Å²) in [6.07, 6.45) is 9.11. The molecule has 0 saturated carbocycles. The summed E-state index contributed by atoms with van der Waals surface area (Å²) < 4.78 is 19.5. The van der Waals surface area contributed by atoms with Crippen molar-refractivity contribution in [2.45, 2.75) is 83.1 Å². The number of piperidine rings is 2. The number of nitrogens with zero attached hydrogens (tertiary/aromatic N) is 6. The Balaban J connectivity index is 1.39. The fourth-order valence-electron chi connectivity index (χ4n) is 5.34. The molecule has 38 heavy (non-hydrogen) atoms. The van der Waals surface area contributed by atoms with Gasteiger partial charge in [-0.15, -0.1) is 0 Å². The van der Waals surface area contributed by atoms with Gasteiger partial charge in [-0.05, 0) is 50.3 Å². The molecule has 0 spiro atoms. The number of carbonyl (C=O) groups is 1. The Labute approximate surface area is 227 Å². The van der Waals surface area contributed by atoms with Crippen molar-refractivity contribution in [3.63, 3.8) is 0 Å². The number of aryl methyl sites for hydroxylation is 1. The Hall–Kier alpha value is -2.50. The third-order valence-corrected chi connectivity index (χ3v) is 9.23. The minimum Gasteiger partial charge on any atom is -0.453 e. The highest BCUT2D eigenvalue weighted by Crippen LogP contribution is 2.35. The third kappa shape index (κ3) is 7.54. The molecule has 2 fully saturated rings. The average molecular weight is 545 g/mol. The summed E-state index contributed by atoms with van der Waals surface area (Å²) in [5.41, 5.74) is 2.15. The van der Waals surface area contributed by atoms with E-state index in [9.17, 15) is 4.79 Å². The number of amides is 1. The van der Waals surface area contributed by atoms with Crippen LogP contribution in [0.4, 0.5) is 10.7 Å². The fraction of sp³-hybridized carbons (Fsp3) is 0.704. The second kappa shape index (κ2) is 13.0. The van der Waals surface area contributed by atoms with Gasteiger partial charge in [0.25, 0.3) is 0 Å². The average Bonchev–Trinajstić information content (AvgIpc) is 3.29. The number of likely N-dealkylation sites (tertiary alicyclic amines) is 1. The molecule has 2 atom stereocenters. The lowest BCUT2D eigenvalue weighted by molar-refractivity contribution is -0.0180. The summed E-state index contributed by atoms with van der Waals surface area (Å²) in [6.45, 7) is 13.2. The highest BCUT2D eigenvalue weighted by atomic mass is 28.3. The van der Waals surface area contributed by atoms with Gasteiger partial charge in [0, 0.05) is 58.8 Å². The Morgan fingerprint density at radius 1 is 1.11 bits per heavy atom. The number of hydrogen-bond donors (Lipinski definition) is 0. The van der Waals surface area contributed by atoms with Crippen molar-refractivity contribution in [3.05, 3.63) is 35.9 Å². The normalized spacial score (nSPS) is 21.1. The molecule has 0 aromatic carbocycles. The molecule has 0 aliphatic carbocycles. The zero-order valence-corrected chi connectivity index (χ0v) is 24.6. The van der Waals surface area contributed by atoms with Gasteiger partial charge in [-0.3, -0.25) is 0 Å².